The van der Waals surface area contributed by atoms with Crippen molar-refractivity contribution in [1.29, 1.82) is 0 Å². The lowest BCUT2D eigenvalue weighted by Crippen LogP contribution is -2.52. The second-order valence-electron chi connectivity index (χ2n) is 4.88. The first-order valence-corrected chi connectivity index (χ1v) is 6.42. The van der Waals surface area contributed by atoms with Crippen LogP contribution in [-0.4, -0.2) is 73.4 Å². The standard InChI is InChI=1S/C12H27N3O/c1-4-15(5-2)9-7-13-12(11-16)6-8-14(3)10-12/h13,16H,4-11H2,1-3H3. The molecule has 96 valence electrons. The zero-order valence-corrected chi connectivity index (χ0v) is 11.0. The minimum absolute atomic E-state index is 0.0537. The molecule has 0 spiro atoms. The molecule has 0 saturated carbocycles. The van der Waals surface area contributed by atoms with E-state index in [0.29, 0.717) is 0 Å². The Morgan fingerprint density at radius 1 is 1.38 bits per heavy atom. The molecule has 0 aromatic carbocycles. The summed E-state index contributed by atoms with van der Waals surface area (Å²) in [5, 5.41) is 13.1. The fourth-order valence-electron chi connectivity index (χ4n) is 2.43. The van der Waals surface area contributed by atoms with Crippen molar-refractivity contribution in [2.45, 2.75) is 25.8 Å². The van der Waals surface area contributed by atoms with Gasteiger partial charge in [0, 0.05) is 19.6 Å². The lowest BCUT2D eigenvalue weighted by Gasteiger charge is -2.29. The molecule has 4 heteroatoms. The third kappa shape index (κ3) is 3.70. The number of rotatable bonds is 7. The van der Waals surface area contributed by atoms with Gasteiger partial charge in [0.2, 0.25) is 0 Å². The number of likely N-dealkylation sites (N-methyl/N-ethyl adjacent to an activating group) is 2. The Labute approximate surface area is 99.6 Å². The van der Waals surface area contributed by atoms with Crippen LogP contribution in [-0.2, 0) is 0 Å². The van der Waals surface area contributed by atoms with Crippen molar-refractivity contribution in [1.82, 2.24) is 15.1 Å². The molecule has 1 saturated heterocycles. The topological polar surface area (TPSA) is 38.7 Å². The van der Waals surface area contributed by atoms with Gasteiger partial charge >= 0.3 is 0 Å². The summed E-state index contributed by atoms with van der Waals surface area (Å²) in [5.41, 5.74) is -0.0537. The van der Waals surface area contributed by atoms with E-state index in [1.807, 2.05) is 0 Å². The minimum Gasteiger partial charge on any atom is -0.394 e. The number of hydrogen-bond acceptors (Lipinski definition) is 4. The van der Waals surface area contributed by atoms with Crippen LogP contribution in [0.25, 0.3) is 0 Å². The minimum atomic E-state index is -0.0537. The smallest absolute Gasteiger partial charge is 0.0626 e. The SMILES string of the molecule is CCN(CC)CCNC1(CO)CCN(C)C1. The van der Waals surface area contributed by atoms with Gasteiger partial charge in [0.25, 0.3) is 0 Å². The molecule has 0 aliphatic carbocycles. The van der Waals surface area contributed by atoms with Gasteiger partial charge < -0.3 is 20.2 Å². The van der Waals surface area contributed by atoms with Gasteiger partial charge in [-0.25, -0.2) is 0 Å². The van der Waals surface area contributed by atoms with Crippen LogP contribution in [0.5, 0.6) is 0 Å². The number of aliphatic hydroxyl groups is 1. The van der Waals surface area contributed by atoms with Crippen molar-refractivity contribution in [3.63, 3.8) is 0 Å². The van der Waals surface area contributed by atoms with E-state index in [0.717, 1.165) is 45.7 Å². The number of likely N-dealkylation sites (tertiary alicyclic amines) is 1. The zero-order valence-electron chi connectivity index (χ0n) is 11.0. The van der Waals surface area contributed by atoms with Crippen LogP contribution in [0.1, 0.15) is 20.3 Å². The molecule has 16 heavy (non-hydrogen) atoms. The summed E-state index contributed by atoms with van der Waals surface area (Å²) in [5.74, 6) is 0. The van der Waals surface area contributed by atoms with Gasteiger partial charge in [-0.2, -0.15) is 0 Å². The van der Waals surface area contributed by atoms with Crippen molar-refractivity contribution in [3.8, 4) is 0 Å². The van der Waals surface area contributed by atoms with Crippen molar-refractivity contribution in [2.24, 2.45) is 0 Å². The molecule has 0 aromatic heterocycles. The molecule has 1 aliphatic rings. The summed E-state index contributed by atoms with van der Waals surface area (Å²) < 4.78 is 0. The van der Waals surface area contributed by atoms with Gasteiger partial charge in [-0.1, -0.05) is 13.8 Å². The van der Waals surface area contributed by atoms with Gasteiger partial charge in [0.05, 0.1) is 12.1 Å². The maximum Gasteiger partial charge on any atom is 0.0626 e. The van der Waals surface area contributed by atoms with E-state index in [2.05, 4.69) is 36.0 Å². The summed E-state index contributed by atoms with van der Waals surface area (Å²) >= 11 is 0. The molecular weight excluding hydrogens is 202 g/mol. The highest BCUT2D eigenvalue weighted by Crippen LogP contribution is 2.18. The summed E-state index contributed by atoms with van der Waals surface area (Å²) in [4.78, 5) is 4.68. The monoisotopic (exact) mass is 229 g/mol. The van der Waals surface area contributed by atoms with Gasteiger partial charge in [0.1, 0.15) is 0 Å². The van der Waals surface area contributed by atoms with Gasteiger partial charge in [-0.3, -0.25) is 0 Å². The van der Waals surface area contributed by atoms with Gasteiger partial charge in [-0.05, 0) is 33.1 Å². The van der Waals surface area contributed by atoms with E-state index >= 15 is 0 Å². The van der Waals surface area contributed by atoms with E-state index in [1.54, 1.807) is 0 Å². The maximum absolute atomic E-state index is 9.51. The maximum atomic E-state index is 9.51. The van der Waals surface area contributed by atoms with Crippen molar-refractivity contribution in [3.05, 3.63) is 0 Å². The molecule has 1 rings (SSSR count). The Morgan fingerprint density at radius 3 is 2.50 bits per heavy atom. The van der Waals surface area contributed by atoms with E-state index in [-0.39, 0.29) is 12.1 Å². The van der Waals surface area contributed by atoms with Crippen LogP contribution in [0.2, 0.25) is 0 Å². The largest absolute Gasteiger partial charge is 0.394 e. The first kappa shape index (κ1) is 13.9. The van der Waals surface area contributed by atoms with Crippen molar-refractivity contribution in [2.75, 3.05) is 52.9 Å². The second kappa shape index (κ2) is 6.55. The second-order valence-corrected chi connectivity index (χ2v) is 4.88. The summed E-state index contributed by atoms with van der Waals surface area (Å²) in [7, 11) is 2.11. The summed E-state index contributed by atoms with van der Waals surface area (Å²) in [6, 6.07) is 0. The lowest BCUT2D eigenvalue weighted by molar-refractivity contribution is 0.159. The normalized spacial score (nSPS) is 26.8. The summed E-state index contributed by atoms with van der Waals surface area (Å²) in [6.07, 6.45) is 1.05. The Balaban J connectivity index is 2.29. The molecule has 0 radical (unpaired) electrons. The molecule has 0 bridgehead atoms. The molecule has 1 fully saturated rings. The zero-order chi connectivity index (χ0) is 12.0. The highest BCUT2D eigenvalue weighted by Gasteiger charge is 2.35. The Morgan fingerprint density at radius 2 is 2.06 bits per heavy atom. The lowest BCUT2D eigenvalue weighted by atomic mass is 10.00. The third-order valence-corrected chi connectivity index (χ3v) is 3.67. The fourth-order valence-corrected chi connectivity index (χ4v) is 2.43. The molecule has 1 atom stereocenters. The molecule has 4 nitrogen and oxygen atoms in total. The molecular formula is C12H27N3O. The molecule has 2 N–H and O–H groups in total. The Hall–Kier alpha value is -0.160. The number of aliphatic hydroxyl groups excluding tert-OH is 1. The Kier molecular flexibility index (Phi) is 5.69. The van der Waals surface area contributed by atoms with Crippen molar-refractivity contribution < 1.29 is 5.11 Å². The predicted octanol–water partition coefficient (Wildman–Crippen LogP) is -0.0156. The average Bonchev–Trinajstić information content (AvgIpc) is 2.67. The van der Waals surface area contributed by atoms with Crippen LogP contribution in [0, 0.1) is 0 Å². The number of nitrogens with zero attached hydrogens (tertiary/aromatic N) is 2. The Bertz CT molecular complexity index is 197. The van der Waals surface area contributed by atoms with E-state index in [9.17, 15) is 5.11 Å². The van der Waals surface area contributed by atoms with E-state index < -0.39 is 0 Å². The quantitative estimate of drug-likeness (QED) is 0.644. The molecule has 0 aromatic rings. The van der Waals surface area contributed by atoms with E-state index in [4.69, 9.17) is 0 Å². The number of hydrogen-bond donors (Lipinski definition) is 2. The third-order valence-electron chi connectivity index (χ3n) is 3.67. The molecule has 1 aliphatic heterocycles. The van der Waals surface area contributed by atoms with Crippen LogP contribution in [0.4, 0.5) is 0 Å². The highest BCUT2D eigenvalue weighted by atomic mass is 16.3. The van der Waals surface area contributed by atoms with Crippen molar-refractivity contribution >= 4 is 0 Å². The van der Waals surface area contributed by atoms with Gasteiger partial charge in [-0.15, -0.1) is 0 Å². The van der Waals surface area contributed by atoms with Gasteiger partial charge in [0.15, 0.2) is 0 Å². The van der Waals surface area contributed by atoms with Crippen LogP contribution in [0.3, 0.4) is 0 Å². The van der Waals surface area contributed by atoms with E-state index in [1.165, 1.54) is 0 Å². The van der Waals surface area contributed by atoms with Crippen LogP contribution in [0.15, 0.2) is 0 Å². The molecule has 1 heterocycles. The molecule has 0 amide bonds. The summed E-state index contributed by atoms with van der Waals surface area (Å²) in [6.45, 7) is 10.9. The first-order chi connectivity index (χ1) is 7.65. The van der Waals surface area contributed by atoms with Crippen LogP contribution < -0.4 is 5.32 Å². The van der Waals surface area contributed by atoms with Crippen LogP contribution >= 0.6 is 0 Å². The number of nitrogens with one attached hydrogen (secondary N) is 1. The highest BCUT2D eigenvalue weighted by molar-refractivity contribution is 4.96. The predicted molar refractivity (Wildman–Crippen MR) is 67.7 cm³/mol. The average molecular weight is 229 g/mol. The first-order valence-electron chi connectivity index (χ1n) is 6.42. The fraction of sp³-hybridized carbons (Fsp3) is 1.00. The molecule has 1 unspecified atom stereocenters.